The maximum absolute atomic E-state index is 7.95. The van der Waals surface area contributed by atoms with Gasteiger partial charge in [-0.3, -0.25) is 5.41 Å². The summed E-state index contributed by atoms with van der Waals surface area (Å²) >= 11 is 0. The summed E-state index contributed by atoms with van der Waals surface area (Å²) < 4.78 is 21.7. The van der Waals surface area contributed by atoms with Crippen molar-refractivity contribution in [2.24, 2.45) is 0 Å². The van der Waals surface area contributed by atoms with Crippen LogP contribution in [0.5, 0.6) is 17.2 Å². The predicted molar refractivity (Wildman–Crippen MR) is 91.5 cm³/mol. The zero-order valence-corrected chi connectivity index (χ0v) is 14.4. The lowest BCUT2D eigenvalue weighted by Crippen LogP contribution is -2.04. The molecule has 23 heavy (non-hydrogen) atoms. The van der Waals surface area contributed by atoms with E-state index < -0.39 is 0 Å². The van der Waals surface area contributed by atoms with Gasteiger partial charge in [0.25, 0.3) is 0 Å². The Morgan fingerprint density at radius 3 is 2.00 bits per heavy atom. The average Bonchev–Trinajstić information content (AvgIpc) is 2.57. The Kier molecular flexibility index (Phi) is 4.98. The van der Waals surface area contributed by atoms with E-state index in [-0.39, 0.29) is 11.8 Å². The quantitative estimate of drug-likeness (QED) is 0.670. The van der Waals surface area contributed by atoms with Crippen LogP contribution >= 0.6 is 0 Å². The molecule has 0 spiro atoms. The molecule has 124 valence electrons. The maximum atomic E-state index is 7.95. The summed E-state index contributed by atoms with van der Waals surface area (Å²) in [6, 6.07) is 5.63. The summed E-state index contributed by atoms with van der Waals surface area (Å²) in [5.74, 6) is 2.34. The number of fused-ring (bicyclic) bond motifs is 1. The Bertz CT molecular complexity index is 738. The fourth-order valence-electron chi connectivity index (χ4n) is 2.80. The first-order valence-corrected chi connectivity index (χ1v) is 7.37. The first kappa shape index (κ1) is 16.9. The van der Waals surface area contributed by atoms with Crippen LogP contribution in [0.2, 0.25) is 0 Å². The van der Waals surface area contributed by atoms with Crippen LogP contribution in [-0.4, -0.2) is 34.3 Å². The average molecular weight is 317 g/mol. The second kappa shape index (κ2) is 6.77. The van der Waals surface area contributed by atoms with Gasteiger partial charge < -0.3 is 18.9 Å². The highest BCUT2D eigenvalue weighted by Crippen LogP contribution is 2.44. The van der Waals surface area contributed by atoms with Crippen molar-refractivity contribution in [1.82, 2.24) is 0 Å². The lowest BCUT2D eigenvalue weighted by molar-refractivity contribution is 0.351. The van der Waals surface area contributed by atoms with Gasteiger partial charge in [0, 0.05) is 16.5 Å². The number of rotatable bonds is 5. The van der Waals surface area contributed by atoms with E-state index in [4.69, 9.17) is 24.4 Å². The van der Waals surface area contributed by atoms with Gasteiger partial charge in [-0.05, 0) is 29.5 Å². The van der Waals surface area contributed by atoms with Gasteiger partial charge in [0.15, 0.2) is 11.5 Å². The minimum atomic E-state index is 0.0923. The van der Waals surface area contributed by atoms with Gasteiger partial charge in [-0.25, -0.2) is 0 Å². The fourth-order valence-corrected chi connectivity index (χ4v) is 2.80. The molecule has 5 nitrogen and oxygen atoms in total. The molecule has 0 heterocycles. The molecule has 0 saturated heterocycles. The Morgan fingerprint density at radius 2 is 1.52 bits per heavy atom. The molecule has 0 amide bonds. The van der Waals surface area contributed by atoms with Crippen molar-refractivity contribution in [1.29, 1.82) is 5.41 Å². The largest absolute Gasteiger partial charge is 0.496 e. The smallest absolute Gasteiger partial charge is 0.213 e. The van der Waals surface area contributed by atoms with Crippen molar-refractivity contribution in [2.45, 2.75) is 19.8 Å². The molecule has 0 fully saturated rings. The SMILES string of the molecule is COC(=N)c1cc(OC)c2cc(OC)c(OC)c(C(C)C)c2c1. The van der Waals surface area contributed by atoms with Crippen LogP contribution < -0.4 is 14.2 Å². The van der Waals surface area contributed by atoms with Gasteiger partial charge >= 0.3 is 0 Å². The van der Waals surface area contributed by atoms with Crippen LogP contribution in [0.25, 0.3) is 10.8 Å². The van der Waals surface area contributed by atoms with E-state index in [0.29, 0.717) is 22.8 Å². The van der Waals surface area contributed by atoms with Gasteiger partial charge in [-0.2, -0.15) is 0 Å². The highest BCUT2D eigenvalue weighted by molar-refractivity contribution is 6.02. The van der Waals surface area contributed by atoms with Crippen molar-refractivity contribution in [3.63, 3.8) is 0 Å². The zero-order chi connectivity index (χ0) is 17.1. The lowest BCUT2D eigenvalue weighted by Gasteiger charge is -2.20. The van der Waals surface area contributed by atoms with Crippen molar-refractivity contribution in [3.8, 4) is 17.2 Å². The van der Waals surface area contributed by atoms with E-state index in [1.165, 1.54) is 7.11 Å². The fraction of sp³-hybridized carbons (Fsp3) is 0.389. The number of hydrogen-bond acceptors (Lipinski definition) is 5. The molecule has 2 aromatic rings. The Balaban J connectivity index is 2.95. The molecule has 5 heteroatoms. The summed E-state index contributed by atoms with van der Waals surface area (Å²) in [6.07, 6.45) is 0. The van der Waals surface area contributed by atoms with Crippen LogP contribution in [0.15, 0.2) is 18.2 Å². The van der Waals surface area contributed by atoms with Crippen LogP contribution in [0.3, 0.4) is 0 Å². The van der Waals surface area contributed by atoms with E-state index in [0.717, 1.165) is 16.3 Å². The first-order chi connectivity index (χ1) is 11.0. The zero-order valence-electron chi connectivity index (χ0n) is 14.4. The molecule has 0 saturated carbocycles. The van der Waals surface area contributed by atoms with E-state index in [2.05, 4.69) is 13.8 Å². The summed E-state index contributed by atoms with van der Waals surface area (Å²) in [5, 5.41) is 9.83. The molecule has 2 rings (SSSR count). The summed E-state index contributed by atoms with van der Waals surface area (Å²) in [7, 11) is 6.35. The third-order valence-electron chi connectivity index (χ3n) is 3.86. The molecule has 1 N–H and O–H groups in total. The normalized spacial score (nSPS) is 10.7. The maximum Gasteiger partial charge on any atom is 0.213 e. The van der Waals surface area contributed by atoms with Crippen LogP contribution in [-0.2, 0) is 4.74 Å². The van der Waals surface area contributed by atoms with Crippen molar-refractivity contribution < 1.29 is 18.9 Å². The second-order valence-electron chi connectivity index (χ2n) is 5.49. The molecule has 0 bridgehead atoms. The third-order valence-corrected chi connectivity index (χ3v) is 3.86. The molecule has 0 aromatic heterocycles. The van der Waals surface area contributed by atoms with Gasteiger partial charge in [-0.15, -0.1) is 0 Å². The topological polar surface area (TPSA) is 60.8 Å². The van der Waals surface area contributed by atoms with E-state index in [1.54, 1.807) is 27.4 Å². The molecule has 0 atom stereocenters. The van der Waals surface area contributed by atoms with Crippen LogP contribution in [0.1, 0.15) is 30.9 Å². The lowest BCUT2D eigenvalue weighted by atomic mass is 9.92. The van der Waals surface area contributed by atoms with Gasteiger partial charge in [0.2, 0.25) is 5.90 Å². The number of benzene rings is 2. The monoisotopic (exact) mass is 317 g/mol. The molecule has 0 radical (unpaired) electrons. The van der Waals surface area contributed by atoms with E-state index in [1.807, 2.05) is 12.1 Å². The predicted octanol–water partition coefficient (Wildman–Crippen LogP) is 3.96. The molecule has 0 aliphatic heterocycles. The Morgan fingerprint density at radius 1 is 0.870 bits per heavy atom. The van der Waals surface area contributed by atoms with Crippen LogP contribution in [0, 0.1) is 5.41 Å². The molecule has 0 aliphatic carbocycles. The standard InChI is InChI=1S/C18H23NO4/c1-10(2)16-13-7-11(18(19)23-6)8-14(20-3)12(13)9-15(21-4)17(16)22-5/h7-10,19H,1-6H3. The summed E-state index contributed by atoms with van der Waals surface area (Å²) in [6.45, 7) is 4.19. The van der Waals surface area contributed by atoms with Crippen molar-refractivity contribution >= 4 is 16.7 Å². The summed E-state index contributed by atoms with van der Waals surface area (Å²) in [4.78, 5) is 0. The number of nitrogens with one attached hydrogen (secondary N) is 1. The Hall–Kier alpha value is -2.43. The van der Waals surface area contributed by atoms with Gasteiger partial charge in [0.05, 0.1) is 28.4 Å². The highest BCUT2D eigenvalue weighted by Gasteiger charge is 2.21. The molecular weight excluding hydrogens is 294 g/mol. The molecular formula is C18H23NO4. The minimum Gasteiger partial charge on any atom is -0.496 e. The highest BCUT2D eigenvalue weighted by atomic mass is 16.5. The second-order valence-corrected chi connectivity index (χ2v) is 5.49. The molecule has 2 aromatic carbocycles. The van der Waals surface area contributed by atoms with Gasteiger partial charge in [-0.1, -0.05) is 13.8 Å². The third kappa shape index (κ3) is 2.91. The van der Waals surface area contributed by atoms with Crippen molar-refractivity contribution in [2.75, 3.05) is 28.4 Å². The molecule has 0 aliphatic rings. The van der Waals surface area contributed by atoms with E-state index >= 15 is 0 Å². The minimum absolute atomic E-state index is 0.0923. The summed E-state index contributed by atoms with van der Waals surface area (Å²) in [5.41, 5.74) is 1.68. The van der Waals surface area contributed by atoms with Crippen molar-refractivity contribution in [3.05, 3.63) is 29.3 Å². The Labute approximate surface area is 136 Å². The van der Waals surface area contributed by atoms with E-state index in [9.17, 15) is 0 Å². The number of hydrogen-bond donors (Lipinski definition) is 1. The molecule has 0 unspecified atom stereocenters. The number of methoxy groups -OCH3 is 4. The van der Waals surface area contributed by atoms with Gasteiger partial charge in [0.1, 0.15) is 5.75 Å². The van der Waals surface area contributed by atoms with Crippen LogP contribution in [0.4, 0.5) is 0 Å². The first-order valence-electron chi connectivity index (χ1n) is 7.37. The number of ether oxygens (including phenoxy) is 4.